The van der Waals surface area contributed by atoms with Gasteiger partial charge >= 0.3 is 0 Å². The Morgan fingerprint density at radius 2 is 1.88 bits per heavy atom. The highest BCUT2D eigenvalue weighted by Crippen LogP contribution is 2.12. The zero-order valence-corrected chi connectivity index (χ0v) is 10.6. The number of rotatable bonds is 5. The van der Waals surface area contributed by atoms with E-state index < -0.39 is 5.91 Å². The Morgan fingerprint density at radius 3 is 2.35 bits per heavy atom. The number of amides is 1. The maximum Gasteiger partial charge on any atom is 0.255 e. The van der Waals surface area contributed by atoms with Gasteiger partial charge in [0.2, 0.25) is 0 Å². The summed E-state index contributed by atoms with van der Waals surface area (Å²) in [4.78, 5) is 10.5. The number of nitrogens with two attached hydrogens (primary N) is 1. The molecule has 0 aliphatic carbocycles. The van der Waals surface area contributed by atoms with E-state index in [0.29, 0.717) is 5.75 Å². The van der Waals surface area contributed by atoms with E-state index in [1.54, 1.807) is 0 Å². The van der Waals surface area contributed by atoms with Crippen molar-refractivity contribution in [3.63, 3.8) is 0 Å². The van der Waals surface area contributed by atoms with Crippen LogP contribution in [0.15, 0.2) is 24.3 Å². The number of ether oxygens (including phenoxy) is 1. The molecule has 1 aromatic carbocycles. The smallest absolute Gasteiger partial charge is 0.255 e. The highest BCUT2D eigenvalue weighted by molar-refractivity contribution is 5.75. The zero-order valence-electron chi connectivity index (χ0n) is 10.6. The molecular formula is C13H20N2O2. The Labute approximate surface area is 102 Å². The number of carbonyl (C=O) groups is 1. The van der Waals surface area contributed by atoms with Crippen molar-refractivity contribution < 1.29 is 9.53 Å². The Hall–Kier alpha value is -1.55. The summed E-state index contributed by atoms with van der Waals surface area (Å²) in [5, 5.41) is 3.39. The van der Waals surface area contributed by atoms with Crippen LogP contribution >= 0.6 is 0 Å². The van der Waals surface area contributed by atoms with Gasteiger partial charge in [-0.1, -0.05) is 12.1 Å². The van der Waals surface area contributed by atoms with Crippen molar-refractivity contribution in [3.8, 4) is 5.75 Å². The second-order valence-electron chi connectivity index (χ2n) is 5.00. The van der Waals surface area contributed by atoms with Gasteiger partial charge in [-0.25, -0.2) is 0 Å². The van der Waals surface area contributed by atoms with Gasteiger partial charge in [-0.3, -0.25) is 4.79 Å². The molecule has 0 saturated heterocycles. The third-order valence-corrected chi connectivity index (χ3v) is 2.13. The second kappa shape index (κ2) is 5.68. The van der Waals surface area contributed by atoms with E-state index in [-0.39, 0.29) is 12.1 Å². The molecule has 0 atom stereocenters. The fourth-order valence-electron chi connectivity index (χ4n) is 1.23. The Morgan fingerprint density at radius 1 is 1.29 bits per heavy atom. The lowest BCUT2D eigenvalue weighted by Crippen LogP contribution is -2.35. The molecular weight excluding hydrogens is 216 g/mol. The molecule has 0 aliphatic heterocycles. The van der Waals surface area contributed by atoms with Gasteiger partial charge in [0.05, 0.1) is 0 Å². The van der Waals surface area contributed by atoms with Crippen molar-refractivity contribution in [1.82, 2.24) is 5.32 Å². The summed E-state index contributed by atoms with van der Waals surface area (Å²) in [6.07, 6.45) is 0. The quantitative estimate of drug-likeness (QED) is 0.813. The minimum absolute atomic E-state index is 0.0837. The summed E-state index contributed by atoms with van der Waals surface area (Å²) in [6, 6.07) is 7.61. The van der Waals surface area contributed by atoms with Crippen molar-refractivity contribution >= 4 is 5.91 Å². The van der Waals surface area contributed by atoms with Crippen LogP contribution in [0.1, 0.15) is 26.3 Å². The molecule has 0 bridgehead atoms. The Balaban J connectivity index is 2.47. The standard InChI is InChI=1S/C13H20N2O2/c1-13(2,3)15-8-10-4-6-11(7-5-10)17-9-12(14)16/h4-7,15H,8-9H2,1-3H3,(H2,14,16). The van der Waals surface area contributed by atoms with Gasteiger partial charge < -0.3 is 15.8 Å². The lowest BCUT2D eigenvalue weighted by molar-refractivity contribution is -0.119. The first-order valence-corrected chi connectivity index (χ1v) is 5.62. The van der Waals surface area contributed by atoms with E-state index in [2.05, 4.69) is 26.1 Å². The van der Waals surface area contributed by atoms with Crippen LogP contribution in [-0.4, -0.2) is 18.1 Å². The molecule has 4 heteroatoms. The van der Waals surface area contributed by atoms with Crippen LogP contribution in [0, 0.1) is 0 Å². The van der Waals surface area contributed by atoms with Gasteiger partial charge in [-0.2, -0.15) is 0 Å². The molecule has 4 nitrogen and oxygen atoms in total. The van der Waals surface area contributed by atoms with Gasteiger partial charge in [0.15, 0.2) is 6.61 Å². The number of benzene rings is 1. The zero-order chi connectivity index (χ0) is 12.9. The maximum absolute atomic E-state index is 10.5. The van der Waals surface area contributed by atoms with Crippen molar-refractivity contribution in [1.29, 1.82) is 0 Å². The van der Waals surface area contributed by atoms with E-state index >= 15 is 0 Å². The molecule has 0 unspecified atom stereocenters. The summed E-state index contributed by atoms with van der Waals surface area (Å²) in [7, 11) is 0. The van der Waals surface area contributed by atoms with Crippen molar-refractivity contribution in [2.24, 2.45) is 5.73 Å². The summed E-state index contributed by atoms with van der Waals surface area (Å²) >= 11 is 0. The van der Waals surface area contributed by atoms with Crippen LogP contribution in [0.4, 0.5) is 0 Å². The first-order chi connectivity index (χ1) is 7.87. The summed E-state index contributed by atoms with van der Waals surface area (Å²) in [5.41, 5.74) is 6.26. The van der Waals surface area contributed by atoms with E-state index in [0.717, 1.165) is 6.54 Å². The number of hydrogen-bond donors (Lipinski definition) is 2. The number of primary amides is 1. The molecule has 0 saturated carbocycles. The molecule has 1 aromatic rings. The SMILES string of the molecule is CC(C)(C)NCc1ccc(OCC(N)=O)cc1. The topological polar surface area (TPSA) is 64.3 Å². The van der Waals surface area contributed by atoms with Crippen molar-refractivity contribution in [2.75, 3.05) is 6.61 Å². The van der Waals surface area contributed by atoms with Gasteiger partial charge in [-0.05, 0) is 38.5 Å². The largest absolute Gasteiger partial charge is 0.484 e. The molecule has 3 N–H and O–H groups in total. The fraction of sp³-hybridized carbons (Fsp3) is 0.462. The Kier molecular flexibility index (Phi) is 4.52. The monoisotopic (exact) mass is 236 g/mol. The average Bonchev–Trinajstić information content (AvgIpc) is 2.24. The molecule has 0 heterocycles. The van der Waals surface area contributed by atoms with Crippen molar-refractivity contribution in [2.45, 2.75) is 32.9 Å². The predicted molar refractivity (Wildman–Crippen MR) is 67.7 cm³/mol. The average molecular weight is 236 g/mol. The molecule has 0 aliphatic rings. The van der Waals surface area contributed by atoms with Crippen LogP contribution < -0.4 is 15.8 Å². The first kappa shape index (κ1) is 13.5. The van der Waals surface area contributed by atoms with E-state index in [4.69, 9.17) is 10.5 Å². The van der Waals surface area contributed by atoms with Gasteiger partial charge in [0.25, 0.3) is 5.91 Å². The van der Waals surface area contributed by atoms with Crippen molar-refractivity contribution in [3.05, 3.63) is 29.8 Å². The number of hydrogen-bond acceptors (Lipinski definition) is 3. The maximum atomic E-state index is 10.5. The lowest BCUT2D eigenvalue weighted by Gasteiger charge is -2.20. The summed E-state index contributed by atoms with van der Waals surface area (Å²) in [6.45, 7) is 7.09. The fourth-order valence-corrected chi connectivity index (χ4v) is 1.23. The molecule has 0 spiro atoms. The third kappa shape index (κ3) is 5.92. The molecule has 17 heavy (non-hydrogen) atoms. The van der Waals surface area contributed by atoms with Gasteiger partial charge in [0, 0.05) is 12.1 Å². The molecule has 1 rings (SSSR count). The highest BCUT2D eigenvalue weighted by Gasteiger charge is 2.08. The minimum Gasteiger partial charge on any atom is -0.484 e. The molecule has 0 fully saturated rings. The summed E-state index contributed by atoms with van der Waals surface area (Å²) in [5.74, 6) is 0.187. The molecule has 1 amide bonds. The molecule has 94 valence electrons. The van der Waals surface area contributed by atoms with E-state index in [9.17, 15) is 4.79 Å². The van der Waals surface area contributed by atoms with Crippen LogP contribution in [0.5, 0.6) is 5.75 Å². The van der Waals surface area contributed by atoms with Gasteiger partial charge in [-0.15, -0.1) is 0 Å². The van der Waals surface area contributed by atoms with Crippen LogP contribution in [-0.2, 0) is 11.3 Å². The van der Waals surface area contributed by atoms with Crippen LogP contribution in [0.25, 0.3) is 0 Å². The van der Waals surface area contributed by atoms with Crippen LogP contribution in [0.2, 0.25) is 0 Å². The number of carbonyl (C=O) groups excluding carboxylic acids is 1. The van der Waals surface area contributed by atoms with E-state index in [1.165, 1.54) is 5.56 Å². The first-order valence-electron chi connectivity index (χ1n) is 5.62. The second-order valence-corrected chi connectivity index (χ2v) is 5.00. The molecule has 0 aromatic heterocycles. The molecule has 0 radical (unpaired) electrons. The van der Waals surface area contributed by atoms with Gasteiger partial charge in [0.1, 0.15) is 5.75 Å². The van der Waals surface area contributed by atoms with E-state index in [1.807, 2.05) is 24.3 Å². The normalized spacial score (nSPS) is 11.2. The minimum atomic E-state index is -0.469. The number of nitrogens with one attached hydrogen (secondary N) is 1. The third-order valence-electron chi connectivity index (χ3n) is 2.13. The lowest BCUT2D eigenvalue weighted by atomic mass is 10.1. The highest BCUT2D eigenvalue weighted by atomic mass is 16.5. The van der Waals surface area contributed by atoms with Crippen LogP contribution in [0.3, 0.4) is 0 Å². The summed E-state index contributed by atoms with van der Waals surface area (Å²) < 4.78 is 5.17. The predicted octanol–water partition coefficient (Wildman–Crippen LogP) is 1.44. The Bertz CT molecular complexity index is 366.